The van der Waals surface area contributed by atoms with Crippen molar-refractivity contribution in [3.63, 3.8) is 0 Å². The Morgan fingerprint density at radius 2 is 1.79 bits per heavy atom. The standard InChI is InChI=1S/C7H10F3NO3/c8-7(9,10)6(14)11-4-2-1-3-5(12)13/h1-4H2,(H,11,14)(H,12,13). The van der Waals surface area contributed by atoms with Gasteiger partial charge in [0.15, 0.2) is 0 Å². The maximum atomic E-state index is 11.6. The van der Waals surface area contributed by atoms with E-state index in [-0.39, 0.29) is 25.8 Å². The first-order chi connectivity index (χ1) is 6.34. The molecule has 0 fully saturated rings. The second-order valence-electron chi connectivity index (χ2n) is 2.60. The monoisotopic (exact) mass is 213 g/mol. The lowest BCUT2D eigenvalue weighted by molar-refractivity contribution is -0.173. The molecule has 0 aromatic heterocycles. The molecule has 0 aromatic rings. The number of hydrogen-bond donors (Lipinski definition) is 2. The van der Waals surface area contributed by atoms with E-state index in [1.165, 1.54) is 0 Å². The summed E-state index contributed by atoms with van der Waals surface area (Å²) in [4.78, 5) is 20.2. The highest BCUT2D eigenvalue weighted by Crippen LogP contribution is 2.13. The molecule has 14 heavy (non-hydrogen) atoms. The first-order valence-corrected chi connectivity index (χ1v) is 3.91. The molecular weight excluding hydrogens is 203 g/mol. The van der Waals surface area contributed by atoms with Crippen molar-refractivity contribution in [3.8, 4) is 0 Å². The Balaban J connectivity index is 3.46. The molecule has 0 saturated carbocycles. The minimum Gasteiger partial charge on any atom is -0.481 e. The normalized spacial score (nSPS) is 11.1. The maximum Gasteiger partial charge on any atom is 0.471 e. The van der Waals surface area contributed by atoms with Crippen LogP contribution in [0.5, 0.6) is 0 Å². The number of carboxylic acid groups (broad SMARTS) is 1. The summed E-state index contributed by atoms with van der Waals surface area (Å²) in [6, 6.07) is 0. The highest BCUT2D eigenvalue weighted by Gasteiger charge is 2.38. The van der Waals surface area contributed by atoms with Crippen LogP contribution in [0.2, 0.25) is 0 Å². The molecule has 82 valence electrons. The lowest BCUT2D eigenvalue weighted by Gasteiger charge is -2.06. The number of carbonyl (C=O) groups is 2. The van der Waals surface area contributed by atoms with E-state index in [2.05, 4.69) is 0 Å². The molecule has 0 aliphatic rings. The quantitative estimate of drug-likeness (QED) is 0.667. The van der Waals surface area contributed by atoms with E-state index in [0.29, 0.717) is 0 Å². The van der Waals surface area contributed by atoms with Crippen molar-refractivity contribution in [1.82, 2.24) is 5.32 Å². The topological polar surface area (TPSA) is 66.4 Å². The van der Waals surface area contributed by atoms with Gasteiger partial charge >= 0.3 is 18.1 Å². The van der Waals surface area contributed by atoms with Gasteiger partial charge in [-0.2, -0.15) is 13.2 Å². The zero-order valence-electron chi connectivity index (χ0n) is 7.23. The molecule has 0 aliphatic heterocycles. The average Bonchev–Trinajstić information content (AvgIpc) is 2.01. The highest BCUT2D eigenvalue weighted by atomic mass is 19.4. The summed E-state index contributed by atoms with van der Waals surface area (Å²) in [6.45, 7) is -0.161. The van der Waals surface area contributed by atoms with Crippen LogP contribution < -0.4 is 5.32 Å². The molecule has 7 heteroatoms. The van der Waals surface area contributed by atoms with Crippen LogP contribution in [0.15, 0.2) is 0 Å². The molecule has 0 aromatic carbocycles. The van der Waals surface area contributed by atoms with Crippen molar-refractivity contribution in [1.29, 1.82) is 0 Å². The number of nitrogens with one attached hydrogen (secondary N) is 1. The second kappa shape index (κ2) is 5.46. The van der Waals surface area contributed by atoms with Gasteiger partial charge in [0, 0.05) is 13.0 Å². The van der Waals surface area contributed by atoms with E-state index >= 15 is 0 Å². The number of amides is 1. The van der Waals surface area contributed by atoms with Crippen molar-refractivity contribution >= 4 is 11.9 Å². The molecule has 0 aliphatic carbocycles. The van der Waals surface area contributed by atoms with Gasteiger partial charge in [-0.3, -0.25) is 9.59 Å². The molecule has 0 radical (unpaired) electrons. The number of hydrogen-bond acceptors (Lipinski definition) is 2. The Morgan fingerprint density at radius 3 is 2.21 bits per heavy atom. The number of carboxylic acids is 1. The van der Waals surface area contributed by atoms with Crippen LogP contribution in [0.4, 0.5) is 13.2 Å². The van der Waals surface area contributed by atoms with E-state index in [1.807, 2.05) is 0 Å². The maximum absolute atomic E-state index is 11.6. The van der Waals surface area contributed by atoms with Crippen LogP contribution in [0.25, 0.3) is 0 Å². The second-order valence-corrected chi connectivity index (χ2v) is 2.60. The first kappa shape index (κ1) is 12.7. The predicted molar refractivity (Wildman–Crippen MR) is 40.6 cm³/mol. The van der Waals surface area contributed by atoms with Gasteiger partial charge in [-0.15, -0.1) is 0 Å². The highest BCUT2D eigenvalue weighted by molar-refractivity contribution is 5.81. The van der Waals surface area contributed by atoms with E-state index in [0.717, 1.165) is 0 Å². The molecule has 0 saturated heterocycles. The van der Waals surface area contributed by atoms with Crippen molar-refractivity contribution < 1.29 is 27.9 Å². The summed E-state index contributed by atoms with van der Waals surface area (Å²) in [5, 5.41) is 9.82. The van der Waals surface area contributed by atoms with Crippen molar-refractivity contribution in [2.75, 3.05) is 6.54 Å². The molecule has 0 unspecified atom stereocenters. The summed E-state index contributed by atoms with van der Waals surface area (Å²) in [5.74, 6) is -3.00. The van der Waals surface area contributed by atoms with Gasteiger partial charge in [-0.1, -0.05) is 0 Å². The third-order valence-electron chi connectivity index (χ3n) is 1.36. The summed E-state index contributed by atoms with van der Waals surface area (Å²) >= 11 is 0. The number of aliphatic carboxylic acids is 1. The van der Waals surface area contributed by atoms with Crippen LogP contribution in [0.1, 0.15) is 19.3 Å². The van der Waals surface area contributed by atoms with Crippen LogP contribution in [0.3, 0.4) is 0 Å². The minimum absolute atomic E-state index is 0.109. The van der Waals surface area contributed by atoms with Gasteiger partial charge in [-0.25, -0.2) is 0 Å². The van der Waals surface area contributed by atoms with Crippen molar-refractivity contribution in [3.05, 3.63) is 0 Å². The third kappa shape index (κ3) is 6.27. The Morgan fingerprint density at radius 1 is 1.21 bits per heavy atom. The lowest BCUT2D eigenvalue weighted by atomic mass is 10.2. The molecule has 4 nitrogen and oxygen atoms in total. The Hall–Kier alpha value is -1.27. The number of alkyl halides is 3. The lowest BCUT2D eigenvalue weighted by Crippen LogP contribution is -2.37. The first-order valence-electron chi connectivity index (χ1n) is 3.91. The molecule has 0 rings (SSSR count). The van der Waals surface area contributed by atoms with Crippen molar-refractivity contribution in [2.45, 2.75) is 25.4 Å². The van der Waals surface area contributed by atoms with Crippen LogP contribution in [-0.2, 0) is 9.59 Å². The molecule has 0 atom stereocenters. The molecule has 0 heterocycles. The minimum atomic E-state index is -4.87. The number of halogens is 3. The number of unbranched alkanes of at least 4 members (excludes halogenated alkanes) is 1. The summed E-state index contributed by atoms with van der Waals surface area (Å²) < 4.78 is 34.7. The summed E-state index contributed by atoms with van der Waals surface area (Å²) in [6.07, 6.45) is -4.52. The number of carbonyl (C=O) groups excluding carboxylic acids is 1. The average molecular weight is 213 g/mol. The van der Waals surface area contributed by atoms with E-state index < -0.39 is 18.1 Å². The van der Waals surface area contributed by atoms with Crippen LogP contribution in [-0.4, -0.2) is 29.7 Å². The fourth-order valence-corrected chi connectivity index (χ4v) is 0.703. The largest absolute Gasteiger partial charge is 0.481 e. The van der Waals surface area contributed by atoms with E-state index in [9.17, 15) is 22.8 Å². The fraction of sp³-hybridized carbons (Fsp3) is 0.714. The molecule has 2 N–H and O–H groups in total. The van der Waals surface area contributed by atoms with Gasteiger partial charge in [0.25, 0.3) is 0 Å². The van der Waals surface area contributed by atoms with E-state index in [4.69, 9.17) is 5.11 Å². The third-order valence-corrected chi connectivity index (χ3v) is 1.36. The molecular formula is C7H10F3NO3. The van der Waals surface area contributed by atoms with Gasteiger partial charge in [-0.05, 0) is 12.8 Å². The van der Waals surface area contributed by atoms with Crippen LogP contribution >= 0.6 is 0 Å². The molecule has 1 amide bonds. The van der Waals surface area contributed by atoms with Gasteiger partial charge < -0.3 is 10.4 Å². The Labute approximate surface area is 78.1 Å². The fourth-order valence-electron chi connectivity index (χ4n) is 0.703. The van der Waals surface area contributed by atoms with E-state index in [1.54, 1.807) is 5.32 Å². The van der Waals surface area contributed by atoms with Crippen molar-refractivity contribution in [2.24, 2.45) is 0 Å². The summed E-state index contributed by atoms with van der Waals surface area (Å²) in [7, 11) is 0. The SMILES string of the molecule is O=C(O)CCCCNC(=O)C(F)(F)F. The predicted octanol–water partition coefficient (Wildman–Crippen LogP) is 0.920. The molecule has 0 bridgehead atoms. The zero-order valence-corrected chi connectivity index (χ0v) is 7.23. The van der Waals surface area contributed by atoms with Gasteiger partial charge in [0.1, 0.15) is 0 Å². The van der Waals surface area contributed by atoms with Gasteiger partial charge in [0.2, 0.25) is 0 Å². The Kier molecular flexibility index (Phi) is 4.96. The van der Waals surface area contributed by atoms with Gasteiger partial charge in [0.05, 0.1) is 0 Å². The summed E-state index contributed by atoms with van der Waals surface area (Å²) in [5.41, 5.74) is 0. The van der Waals surface area contributed by atoms with Crippen LogP contribution in [0, 0.1) is 0 Å². The zero-order chi connectivity index (χ0) is 11.2. The smallest absolute Gasteiger partial charge is 0.471 e. The number of rotatable bonds is 5. The Bertz CT molecular complexity index is 215. The molecule has 0 spiro atoms.